The molecule has 414 valence electrons. The summed E-state index contributed by atoms with van der Waals surface area (Å²) >= 11 is 0. The zero-order valence-electron chi connectivity index (χ0n) is 47.3. The Kier molecular flexibility index (Phi) is 56.5. The number of unbranched alkanes of at least 4 members (excludes halogenated alkanes) is 14. The molecule has 6 heteroatoms. The van der Waals surface area contributed by atoms with Gasteiger partial charge in [-0.25, -0.2) is 0 Å². The molecule has 0 spiro atoms. The predicted molar refractivity (Wildman–Crippen MR) is 320 cm³/mol. The van der Waals surface area contributed by atoms with E-state index in [1.807, 2.05) is 12.2 Å². The Hall–Kier alpha value is -4.97. The van der Waals surface area contributed by atoms with Crippen molar-refractivity contribution in [2.24, 2.45) is 0 Å². The van der Waals surface area contributed by atoms with E-state index < -0.39 is 6.10 Å². The van der Waals surface area contributed by atoms with Crippen molar-refractivity contribution in [1.82, 2.24) is 0 Å². The van der Waals surface area contributed by atoms with Crippen LogP contribution in [-0.2, 0) is 28.6 Å². The molecule has 0 aromatic heterocycles. The smallest absolute Gasteiger partial charge is 0.306 e. The standard InChI is InChI=1S/C68H106O6/c1-4-7-10-13-16-19-22-25-27-28-29-30-31-32-33-34-35-36-37-38-39-40-41-44-46-49-52-55-58-61-67(70)73-64-65(63-72-66(69)60-57-54-51-48-45-42-24-21-18-15-12-9-6-3)74-68(71)62-59-56-53-50-47-43-26-23-20-17-14-11-8-5-2/h7,9-10,12,16,18-19,21,23,25-27,29-30,32-33,35-36,38-39,41-42,44-45,51,54,65H,4-6,8,11,13-15,17,20,22,24,28,31,34,37,40,43,46-50,52-53,55-64H2,1-3H3/b10-7-,12-9-,19-16-,21-18-,26-23-,27-25-,30-29-,33-32-,36-35-,39-38-,44-41-,45-42-,54-51-. The summed E-state index contributed by atoms with van der Waals surface area (Å²) in [4.78, 5) is 38.1. The van der Waals surface area contributed by atoms with E-state index in [0.29, 0.717) is 19.3 Å². The zero-order chi connectivity index (χ0) is 53.6. The fraction of sp³-hybridized carbons (Fsp3) is 0.574. The van der Waals surface area contributed by atoms with E-state index in [1.54, 1.807) is 0 Å². The predicted octanol–water partition coefficient (Wildman–Crippen LogP) is 20.1. The SMILES string of the molecule is CC/C=C\C/C=C\C/C=C\C/C=C\C/C=C\C/C=C\C/C=C\C/C=C\CCCCCCC(=O)OCC(COC(=O)CC/C=C\C/C=C\C/C=C\C/C=C\CC)OC(=O)CCCCCCC/C=C\CCCCCCC. The molecule has 0 N–H and O–H groups in total. The second kappa shape index (κ2) is 60.6. The van der Waals surface area contributed by atoms with Gasteiger partial charge in [-0.2, -0.15) is 0 Å². The maximum atomic E-state index is 12.8. The highest BCUT2D eigenvalue weighted by molar-refractivity contribution is 5.71. The first kappa shape index (κ1) is 69.0. The lowest BCUT2D eigenvalue weighted by atomic mass is 10.1. The number of carbonyl (C=O) groups excluding carboxylic acids is 3. The fourth-order valence-corrected chi connectivity index (χ4v) is 7.41. The Balaban J connectivity index is 4.44. The first-order valence-corrected chi connectivity index (χ1v) is 29.5. The number of esters is 3. The van der Waals surface area contributed by atoms with Crippen molar-refractivity contribution < 1.29 is 28.6 Å². The molecule has 0 saturated carbocycles. The fourth-order valence-electron chi connectivity index (χ4n) is 7.41. The summed E-state index contributed by atoms with van der Waals surface area (Å²) < 4.78 is 16.7. The summed E-state index contributed by atoms with van der Waals surface area (Å²) in [5, 5.41) is 0. The van der Waals surface area contributed by atoms with Gasteiger partial charge < -0.3 is 14.2 Å². The molecular formula is C68H106O6. The van der Waals surface area contributed by atoms with E-state index in [0.717, 1.165) is 141 Å². The summed E-state index contributed by atoms with van der Waals surface area (Å²) in [5.41, 5.74) is 0. The van der Waals surface area contributed by atoms with Crippen LogP contribution in [0.1, 0.15) is 233 Å². The highest BCUT2D eigenvalue weighted by Crippen LogP contribution is 2.13. The minimum absolute atomic E-state index is 0.123. The highest BCUT2D eigenvalue weighted by atomic mass is 16.6. The van der Waals surface area contributed by atoms with Crippen LogP contribution in [0.5, 0.6) is 0 Å². The van der Waals surface area contributed by atoms with E-state index in [2.05, 4.69) is 167 Å². The van der Waals surface area contributed by atoms with E-state index >= 15 is 0 Å². The Morgan fingerprint density at radius 1 is 0.284 bits per heavy atom. The van der Waals surface area contributed by atoms with Gasteiger partial charge in [0.25, 0.3) is 0 Å². The molecule has 0 aromatic carbocycles. The molecule has 0 fully saturated rings. The van der Waals surface area contributed by atoms with Gasteiger partial charge in [-0.1, -0.05) is 237 Å². The summed E-state index contributed by atoms with van der Waals surface area (Å²) in [6.45, 7) is 6.29. The quantitative estimate of drug-likeness (QED) is 0.0261. The molecule has 0 aliphatic rings. The normalized spacial score (nSPS) is 13.3. The Morgan fingerprint density at radius 3 is 0.919 bits per heavy atom. The first-order valence-electron chi connectivity index (χ1n) is 29.5. The van der Waals surface area contributed by atoms with Crippen LogP contribution in [0.25, 0.3) is 0 Å². The summed E-state index contributed by atoms with van der Waals surface area (Å²) in [6, 6.07) is 0. The average molecular weight is 1020 g/mol. The number of ether oxygens (including phenoxy) is 3. The van der Waals surface area contributed by atoms with Crippen molar-refractivity contribution in [2.45, 2.75) is 239 Å². The van der Waals surface area contributed by atoms with Crippen LogP contribution < -0.4 is 0 Å². The zero-order valence-corrected chi connectivity index (χ0v) is 47.3. The van der Waals surface area contributed by atoms with E-state index in [4.69, 9.17) is 14.2 Å². The molecular weight excluding hydrogens is 913 g/mol. The van der Waals surface area contributed by atoms with Gasteiger partial charge in [0.15, 0.2) is 6.10 Å². The first-order chi connectivity index (χ1) is 36.5. The van der Waals surface area contributed by atoms with Crippen molar-refractivity contribution in [3.05, 3.63) is 158 Å². The molecule has 0 aliphatic carbocycles. The number of carbonyl (C=O) groups is 3. The molecule has 0 rings (SSSR count). The Bertz CT molecular complexity index is 1690. The number of allylic oxidation sites excluding steroid dienone is 26. The molecule has 0 bridgehead atoms. The molecule has 0 aliphatic heterocycles. The van der Waals surface area contributed by atoms with Crippen molar-refractivity contribution in [2.75, 3.05) is 13.2 Å². The second-order valence-corrected chi connectivity index (χ2v) is 18.8. The average Bonchev–Trinajstić information content (AvgIpc) is 3.40. The lowest BCUT2D eigenvalue weighted by Crippen LogP contribution is -2.30. The molecule has 1 atom stereocenters. The van der Waals surface area contributed by atoms with Crippen molar-refractivity contribution in [3.8, 4) is 0 Å². The maximum absolute atomic E-state index is 12.8. The van der Waals surface area contributed by atoms with Gasteiger partial charge in [-0.15, -0.1) is 0 Å². The molecule has 74 heavy (non-hydrogen) atoms. The molecule has 1 unspecified atom stereocenters. The second-order valence-electron chi connectivity index (χ2n) is 18.8. The van der Waals surface area contributed by atoms with Crippen LogP contribution >= 0.6 is 0 Å². The van der Waals surface area contributed by atoms with Gasteiger partial charge in [0.2, 0.25) is 0 Å². The van der Waals surface area contributed by atoms with Crippen LogP contribution in [0.15, 0.2) is 158 Å². The third-order valence-corrected chi connectivity index (χ3v) is 11.8. The van der Waals surface area contributed by atoms with Crippen LogP contribution in [0.2, 0.25) is 0 Å². The largest absolute Gasteiger partial charge is 0.462 e. The topological polar surface area (TPSA) is 78.9 Å². The van der Waals surface area contributed by atoms with E-state index in [1.165, 1.54) is 44.9 Å². The molecule has 0 heterocycles. The lowest BCUT2D eigenvalue weighted by molar-refractivity contribution is -0.166. The van der Waals surface area contributed by atoms with Crippen LogP contribution in [0, 0.1) is 0 Å². The van der Waals surface area contributed by atoms with Crippen molar-refractivity contribution in [3.63, 3.8) is 0 Å². The minimum Gasteiger partial charge on any atom is -0.462 e. The minimum atomic E-state index is -0.829. The summed E-state index contributed by atoms with van der Waals surface area (Å²) in [7, 11) is 0. The molecule has 0 radical (unpaired) electrons. The van der Waals surface area contributed by atoms with E-state index in [9.17, 15) is 14.4 Å². The Morgan fingerprint density at radius 2 is 0.554 bits per heavy atom. The lowest BCUT2D eigenvalue weighted by Gasteiger charge is -2.18. The third-order valence-electron chi connectivity index (χ3n) is 11.8. The molecule has 0 saturated heterocycles. The van der Waals surface area contributed by atoms with Gasteiger partial charge in [0.1, 0.15) is 13.2 Å². The third kappa shape index (κ3) is 57.9. The van der Waals surface area contributed by atoms with Gasteiger partial charge >= 0.3 is 17.9 Å². The van der Waals surface area contributed by atoms with Crippen molar-refractivity contribution in [1.29, 1.82) is 0 Å². The van der Waals surface area contributed by atoms with E-state index in [-0.39, 0.29) is 37.5 Å². The maximum Gasteiger partial charge on any atom is 0.306 e. The number of rotatable bonds is 51. The van der Waals surface area contributed by atoms with Gasteiger partial charge in [-0.05, 0) is 135 Å². The number of hydrogen-bond donors (Lipinski definition) is 0. The Labute approximate surface area is 454 Å². The molecule has 0 amide bonds. The van der Waals surface area contributed by atoms with Crippen LogP contribution in [0.4, 0.5) is 0 Å². The summed E-state index contributed by atoms with van der Waals surface area (Å²) in [5.74, 6) is -1.05. The number of hydrogen-bond acceptors (Lipinski definition) is 6. The van der Waals surface area contributed by atoms with Crippen LogP contribution in [-0.4, -0.2) is 37.2 Å². The monoisotopic (exact) mass is 1020 g/mol. The van der Waals surface area contributed by atoms with Crippen molar-refractivity contribution >= 4 is 17.9 Å². The molecule has 6 nitrogen and oxygen atoms in total. The van der Waals surface area contributed by atoms with Gasteiger partial charge in [0, 0.05) is 19.3 Å². The van der Waals surface area contributed by atoms with Gasteiger partial charge in [-0.3, -0.25) is 14.4 Å². The highest BCUT2D eigenvalue weighted by Gasteiger charge is 2.19. The van der Waals surface area contributed by atoms with Crippen LogP contribution in [0.3, 0.4) is 0 Å². The summed E-state index contributed by atoms with van der Waals surface area (Å²) in [6.07, 6.45) is 88.3. The van der Waals surface area contributed by atoms with Gasteiger partial charge in [0.05, 0.1) is 0 Å². The molecule has 0 aromatic rings.